The maximum Gasteiger partial charge on any atom is 0.167 e. The fraction of sp³-hybridized carbons (Fsp3) is 0.350. The average Bonchev–Trinajstić information content (AvgIpc) is 3.53. The molecule has 0 unspecified atom stereocenters. The van der Waals surface area contributed by atoms with Gasteiger partial charge in [0, 0.05) is 24.5 Å². The molecule has 30 heavy (non-hydrogen) atoms. The van der Waals surface area contributed by atoms with E-state index < -0.39 is 0 Å². The number of anilines is 1. The molecule has 9 nitrogen and oxygen atoms in total. The Balaban J connectivity index is 1.38. The number of rotatable bonds is 7. The maximum atomic E-state index is 9.75. The van der Waals surface area contributed by atoms with Crippen LogP contribution in [0.5, 0.6) is 0 Å². The molecule has 0 aromatic carbocycles. The Bertz CT molecular complexity index is 1080. The molecule has 1 fully saturated rings. The molecular formula is C20H22N6O3S. The number of hydrogen-bond acceptors (Lipinski definition) is 9. The summed E-state index contributed by atoms with van der Waals surface area (Å²) in [6, 6.07) is 7.93. The summed E-state index contributed by atoms with van der Waals surface area (Å²) >= 11 is 1.73. The van der Waals surface area contributed by atoms with Gasteiger partial charge in [0.1, 0.15) is 18.3 Å². The van der Waals surface area contributed by atoms with Gasteiger partial charge in [0.25, 0.3) is 0 Å². The summed E-state index contributed by atoms with van der Waals surface area (Å²) in [4.78, 5) is 16.9. The lowest BCUT2D eigenvalue weighted by Crippen LogP contribution is -2.46. The standard InChI is InChI=1S/C20H22N6O3S/c27-11-15-8-25(9-16-4-2-6-30-16)10-17(29-15)26-13-24-18-19(22-12-23-20(18)26)21-7-14-3-1-5-28-14/h1-6,12-13,15,17,27H,7-11H2,(H,21,22,23)/t15-,17+/m0/s1. The summed E-state index contributed by atoms with van der Waals surface area (Å²) in [6.07, 6.45) is 4.32. The lowest BCUT2D eigenvalue weighted by atomic mass is 10.2. The van der Waals surface area contributed by atoms with Crippen LogP contribution in [0.3, 0.4) is 0 Å². The van der Waals surface area contributed by atoms with E-state index in [1.807, 2.05) is 16.7 Å². The number of nitrogens with zero attached hydrogens (tertiary/aromatic N) is 5. The molecule has 0 bridgehead atoms. The maximum absolute atomic E-state index is 9.75. The van der Waals surface area contributed by atoms with Gasteiger partial charge in [-0.1, -0.05) is 6.07 Å². The van der Waals surface area contributed by atoms with Crippen LogP contribution in [0.1, 0.15) is 16.9 Å². The number of aromatic nitrogens is 4. The number of ether oxygens (including phenoxy) is 1. The molecule has 1 aliphatic heterocycles. The summed E-state index contributed by atoms with van der Waals surface area (Å²) in [7, 11) is 0. The Morgan fingerprint density at radius 1 is 1.20 bits per heavy atom. The van der Waals surface area contributed by atoms with Gasteiger partial charge in [-0.15, -0.1) is 11.3 Å². The van der Waals surface area contributed by atoms with E-state index in [0.717, 1.165) is 12.3 Å². The fourth-order valence-corrected chi connectivity index (χ4v) is 4.42. The normalized spacial score (nSPS) is 20.0. The van der Waals surface area contributed by atoms with Gasteiger partial charge in [-0.2, -0.15) is 0 Å². The van der Waals surface area contributed by atoms with Gasteiger partial charge in [0.2, 0.25) is 0 Å². The zero-order valence-corrected chi connectivity index (χ0v) is 17.0. The molecule has 0 amide bonds. The van der Waals surface area contributed by atoms with Crippen LogP contribution in [-0.4, -0.2) is 55.3 Å². The number of aliphatic hydroxyl groups is 1. The van der Waals surface area contributed by atoms with Crippen molar-refractivity contribution in [3.8, 4) is 0 Å². The molecule has 0 spiro atoms. The van der Waals surface area contributed by atoms with Crippen LogP contribution >= 0.6 is 11.3 Å². The Labute approximate surface area is 177 Å². The molecule has 0 saturated carbocycles. The summed E-state index contributed by atoms with van der Waals surface area (Å²) in [5, 5.41) is 15.1. The smallest absolute Gasteiger partial charge is 0.167 e. The van der Waals surface area contributed by atoms with Gasteiger partial charge in [-0.3, -0.25) is 9.47 Å². The third kappa shape index (κ3) is 3.94. The average molecular weight is 427 g/mol. The molecule has 10 heteroatoms. The lowest BCUT2D eigenvalue weighted by Gasteiger charge is -2.37. The van der Waals surface area contributed by atoms with Crippen LogP contribution in [0.2, 0.25) is 0 Å². The SMILES string of the molecule is OC[C@@H]1CN(Cc2cccs2)C[C@H](n2cnc3c(NCc4ccco4)ncnc32)O1. The largest absolute Gasteiger partial charge is 0.467 e. The Morgan fingerprint density at radius 2 is 2.17 bits per heavy atom. The second kappa shape index (κ2) is 8.52. The third-order valence-corrected chi connectivity index (χ3v) is 5.93. The Kier molecular flexibility index (Phi) is 5.45. The number of thiophene rings is 1. The first-order valence-corrected chi connectivity index (χ1v) is 10.6. The monoisotopic (exact) mass is 426 g/mol. The molecule has 0 aliphatic carbocycles. The molecule has 0 radical (unpaired) electrons. The van der Waals surface area contributed by atoms with E-state index >= 15 is 0 Å². The summed E-state index contributed by atoms with van der Waals surface area (Å²) in [6.45, 7) is 2.66. The van der Waals surface area contributed by atoms with Crippen LogP contribution in [0, 0.1) is 0 Å². The molecule has 2 atom stereocenters. The molecule has 1 saturated heterocycles. The van der Waals surface area contributed by atoms with E-state index in [1.165, 1.54) is 11.2 Å². The van der Waals surface area contributed by atoms with E-state index in [9.17, 15) is 5.11 Å². The fourth-order valence-electron chi connectivity index (χ4n) is 3.67. The lowest BCUT2D eigenvalue weighted by molar-refractivity contribution is -0.135. The summed E-state index contributed by atoms with van der Waals surface area (Å²) in [5.41, 5.74) is 1.36. The number of hydrogen-bond donors (Lipinski definition) is 2. The molecule has 1 aliphatic rings. The van der Waals surface area contributed by atoms with Gasteiger partial charge in [0.15, 0.2) is 17.0 Å². The van der Waals surface area contributed by atoms with Crippen molar-refractivity contribution in [3.63, 3.8) is 0 Å². The molecule has 2 N–H and O–H groups in total. The van der Waals surface area contributed by atoms with Crippen molar-refractivity contribution >= 4 is 28.3 Å². The highest BCUT2D eigenvalue weighted by atomic mass is 32.1. The minimum atomic E-state index is -0.298. The van der Waals surface area contributed by atoms with E-state index in [1.54, 1.807) is 23.9 Å². The van der Waals surface area contributed by atoms with Crippen LogP contribution in [0.4, 0.5) is 5.82 Å². The topological polar surface area (TPSA) is 101 Å². The van der Waals surface area contributed by atoms with Crippen LogP contribution in [-0.2, 0) is 17.8 Å². The van der Waals surface area contributed by atoms with Crippen molar-refractivity contribution in [1.29, 1.82) is 0 Å². The highest BCUT2D eigenvalue weighted by Crippen LogP contribution is 2.27. The number of furan rings is 1. The molecule has 4 aromatic rings. The van der Waals surface area contributed by atoms with Gasteiger partial charge >= 0.3 is 0 Å². The van der Waals surface area contributed by atoms with Crippen LogP contribution in [0.15, 0.2) is 53.0 Å². The molecule has 156 valence electrons. The molecular weight excluding hydrogens is 404 g/mol. The zero-order chi connectivity index (χ0) is 20.3. The highest BCUT2D eigenvalue weighted by Gasteiger charge is 2.30. The number of morpholine rings is 1. The minimum absolute atomic E-state index is 0.0327. The Morgan fingerprint density at radius 3 is 2.97 bits per heavy atom. The predicted octanol–water partition coefficient (Wildman–Crippen LogP) is 2.48. The van der Waals surface area contributed by atoms with E-state index in [4.69, 9.17) is 9.15 Å². The van der Waals surface area contributed by atoms with E-state index in [0.29, 0.717) is 36.6 Å². The van der Waals surface area contributed by atoms with Gasteiger partial charge in [-0.25, -0.2) is 15.0 Å². The number of nitrogens with one attached hydrogen (secondary N) is 1. The number of fused-ring (bicyclic) bond motifs is 1. The zero-order valence-electron chi connectivity index (χ0n) is 16.2. The van der Waals surface area contributed by atoms with E-state index in [-0.39, 0.29) is 18.9 Å². The van der Waals surface area contributed by atoms with Crippen molar-refractivity contribution in [2.75, 3.05) is 25.0 Å². The highest BCUT2D eigenvalue weighted by molar-refractivity contribution is 7.09. The van der Waals surface area contributed by atoms with Crippen molar-refractivity contribution < 1.29 is 14.3 Å². The van der Waals surface area contributed by atoms with Crippen molar-refractivity contribution in [1.82, 2.24) is 24.4 Å². The first-order valence-electron chi connectivity index (χ1n) is 9.75. The van der Waals surface area contributed by atoms with Crippen LogP contribution < -0.4 is 5.32 Å². The van der Waals surface area contributed by atoms with Crippen molar-refractivity contribution in [3.05, 3.63) is 59.2 Å². The van der Waals surface area contributed by atoms with Crippen LogP contribution in [0.25, 0.3) is 11.2 Å². The van der Waals surface area contributed by atoms with Crippen molar-refractivity contribution in [2.45, 2.75) is 25.4 Å². The first kappa shape index (κ1) is 19.2. The quantitative estimate of drug-likeness (QED) is 0.465. The number of imidazole rings is 1. The number of aliphatic hydroxyl groups excluding tert-OH is 1. The molecule has 4 aromatic heterocycles. The Hall–Kier alpha value is -2.79. The van der Waals surface area contributed by atoms with E-state index in [2.05, 4.69) is 42.7 Å². The van der Waals surface area contributed by atoms with Gasteiger partial charge in [-0.05, 0) is 23.6 Å². The molecule has 5 heterocycles. The molecule has 5 rings (SSSR count). The second-order valence-corrected chi connectivity index (χ2v) is 8.18. The first-order chi connectivity index (χ1) is 14.8. The second-order valence-electron chi connectivity index (χ2n) is 7.15. The minimum Gasteiger partial charge on any atom is -0.467 e. The summed E-state index contributed by atoms with van der Waals surface area (Å²) in [5.74, 6) is 1.45. The van der Waals surface area contributed by atoms with Gasteiger partial charge < -0.3 is 19.6 Å². The van der Waals surface area contributed by atoms with Gasteiger partial charge in [0.05, 0.1) is 31.8 Å². The third-order valence-electron chi connectivity index (χ3n) is 5.07. The predicted molar refractivity (Wildman–Crippen MR) is 112 cm³/mol. The van der Waals surface area contributed by atoms with Crippen molar-refractivity contribution in [2.24, 2.45) is 0 Å². The summed E-state index contributed by atoms with van der Waals surface area (Å²) < 4.78 is 13.4.